The molecule has 0 saturated heterocycles. The maximum atomic E-state index is 13.3. The summed E-state index contributed by atoms with van der Waals surface area (Å²) in [6, 6.07) is 1.48. The largest absolute Gasteiger partial charge is 0.508 e. The Morgan fingerprint density at radius 3 is 1.95 bits per heavy atom. The fourth-order valence-corrected chi connectivity index (χ4v) is 3.82. The van der Waals surface area contributed by atoms with E-state index in [9.17, 15) is 34.2 Å². The molecule has 1 aromatic carbocycles. The van der Waals surface area contributed by atoms with E-state index in [1.165, 1.54) is 12.1 Å². The molecule has 0 aliphatic carbocycles. The van der Waals surface area contributed by atoms with E-state index in [0.29, 0.717) is 12.0 Å². The van der Waals surface area contributed by atoms with Gasteiger partial charge >= 0.3 is 5.97 Å². The molecular weight excluding hydrogens is 536 g/mol. The summed E-state index contributed by atoms with van der Waals surface area (Å²) in [6.45, 7) is 3.80. The number of nitrogens with two attached hydrogens (primary N) is 4. The quantitative estimate of drug-likeness (QED) is 0.0533. The van der Waals surface area contributed by atoms with Gasteiger partial charge < -0.3 is 49.1 Å². The summed E-state index contributed by atoms with van der Waals surface area (Å²) in [7, 11) is 0. The van der Waals surface area contributed by atoms with E-state index in [0.717, 1.165) is 0 Å². The lowest BCUT2D eigenvalue weighted by Crippen LogP contribution is -2.57. The lowest BCUT2D eigenvalue weighted by Gasteiger charge is -2.26. The normalized spacial score (nSPS) is 13.8. The highest BCUT2D eigenvalue weighted by atomic mass is 16.4. The van der Waals surface area contributed by atoms with Gasteiger partial charge in [-0.05, 0) is 55.7 Å². The van der Waals surface area contributed by atoms with Crippen LogP contribution in [0.4, 0.5) is 0 Å². The number of guanidine groups is 1. The topological polar surface area (TPSA) is 278 Å². The molecule has 0 aliphatic rings. The number of nitrogens with one attached hydrogen (secondary N) is 3. The number of aromatic hydroxyl groups is 1. The van der Waals surface area contributed by atoms with Crippen molar-refractivity contribution in [1.82, 2.24) is 16.0 Å². The molecule has 0 aliphatic heterocycles. The van der Waals surface area contributed by atoms with Crippen LogP contribution in [-0.4, -0.2) is 76.5 Å². The van der Waals surface area contributed by atoms with Crippen LogP contribution in [0, 0.1) is 5.92 Å². The first-order chi connectivity index (χ1) is 19.2. The van der Waals surface area contributed by atoms with Gasteiger partial charge in [0.15, 0.2) is 5.96 Å². The average molecular weight is 579 g/mol. The van der Waals surface area contributed by atoms with Crippen LogP contribution < -0.4 is 38.9 Å². The molecule has 15 nitrogen and oxygen atoms in total. The number of hydrogen-bond donors (Lipinski definition) is 9. The molecule has 4 unspecified atom stereocenters. The number of aliphatic carboxylic acids is 1. The summed E-state index contributed by atoms with van der Waals surface area (Å²) < 4.78 is 0. The summed E-state index contributed by atoms with van der Waals surface area (Å²) >= 11 is 0. The fraction of sp³-hybridized carbons (Fsp3) is 0.538. The second kappa shape index (κ2) is 17.3. The van der Waals surface area contributed by atoms with Gasteiger partial charge in [0.1, 0.15) is 23.9 Å². The number of carbonyl (C=O) groups is 5. The van der Waals surface area contributed by atoms with Crippen LogP contribution in [0.5, 0.6) is 5.75 Å². The fourth-order valence-electron chi connectivity index (χ4n) is 3.82. The Morgan fingerprint density at radius 1 is 0.854 bits per heavy atom. The average Bonchev–Trinajstić information content (AvgIpc) is 2.88. The molecule has 4 amide bonds. The van der Waals surface area contributed by atoms with Crippen molar-refractivity contribution in [2.24, 2.45) is 33.8 Å². The molecule has 0 spiro atoms. The molecule has 1 rings (SSSR count). The van der Waals surface area contributed by atoms with Gasteiger partial charge in [0.2, 0.25) is 23.6 Å². The van der Waals surface area contributed by atoms with Gasteiger partial charge in [-0.25, -0.2) is 4.79 Å². The second-order valence-corrected chi connectivity index (χ2v) is 10.1. The van der Waals surface area contributed by atoms with Crippen LogP contribution >= 0.6 is 0 Å². The minimum Gasteiger partial charge on any atom is -0.508 e. The smallest absolute Gasteiger partial charge is 0.326 e. The summed E-state index contributed by atoms with van der Waals surface area (Å²) in [5.74, 6) is -4.31. The standard InChI is InChI=1S/C26H42N8O7/c1-14(2)12-20(24(39)33-19(25(40)41)9-10-21(28)36)34-23(38)18(4-3-11-31-26(29)30)32-22(37)17(27)13-15-5-7-16(35)8-6-15/h5-8,14,17-20,35H,3-4,9-13,27H2,1-2H3,(H2,28,36)(H,32,37)(H,33,39)(H,34,38)(H,40,41)(H4,29,30,31). The van der Waals surface area contributed by atoms with Crippen LogP contribution in [0.3, 0.4) is 0 Å². The van der Waals surface area contributed by atoms with E-state index in [2.05, 4.69) is 20.9 Å². The number of aliphatic imine (C=N–C) groups is 1. The number of phenolic OH excluding ortho intramolecular Hbond substituents is 1. The number of rotatable bonds is 18. The molecule has 0 fully saturated rings. The van der Waals surface area contributed by atoms with Gasteiger partial charge in [-0.3, -0.25) is 24.2 Å². The molecular formula is C26H42N8O7. The number of carbonyl (C=O) groups excluding carboxylic acids is 4. The molecule has 4 atom stereocenters. The van der Waals surface area contributed by atoms with Crippen molar-refractivity contribution in [2.75, 3.05) is 6.54 Å². The zero-order valence-corrected chi connectivity index (χ0v) is 23.3. The van der Waals surface area contributed by atoms with Crippen molar-refractivity contribution in [2.45, 2.75) is 76.5 Å². The third-order valence-electron chi connectivity index (χ3n) is 5.94. The van der Waals surface area contributed by atoms with Crippen LogP contribution in [-0.2, 0) is 30.4 Å². The van der Waals surface area contributed by atoms with Gasteiger partial charge in [0.05, 0.1) is 6.04 Å². The number of carboxylic acid groups (broad SMARTS) is 1. The summed E-state index contributed by atoms with van der Waals surface area (Å²) in [5.41, 5.74) is 22.6. The Morgan fingerprint density at radius 2 is 1.41 bits per heavy atom. The summed E-state index contributed by atoms with van der Waals surface area (Å²) in [4.78, 5) is 65.8. The Bertz CT molecular complexity index is 1070. The van der Waals surface area contributed by atoms with Gasteiger partial charge in [-0.1, -0.05) is 26.0 Å². The lowest BCUT2D eigenvalue weighted by atomic mass is 10.0. The third kappa shape index (κ3) is 14.0. The number of nitrogens with zero attached hydrogens (tertiary/aromatic N) is 1. The molecule has 0 bridgehead atoms. The zero-order chi connectivity index (χ0) is 31.1. The van der Waals surface area contributed by atoms with Gasteiger partial charge in [-0.15, -0.1) is 0 Å². The van der Waals surface area contributed by atoms with E-state index in [1.54, 1.807) is 12.1 Å². The number of amides is 4. The molecule has 0 radical (unpaired) electrons. The van der Waals surface area contributed by atoms with E-state index in [1.807, 2.05) is 13.8 Å². The summed E-state index contributed by atoms with van der Waals surface area (Å²) in [5, 5.41) is 26.5. The van der Waals surface area contributed by atoms with E-state index in [-0.39, 0.29) is 56.3 Å². The minimum atomic E-state index is -1.39. The third-order valence-corrected chi connectivity index (χ3v) is 5.94. The molecule has 1 aromatic rings. The molecule has 15 heteroatoms. The Balaban J connectivity index is 3.04. The van der Waals surface area contributed by atoms with Crippen molar-refractivity contribution in [3.8, 4) is 5.75 Å². The van der Waals surface area contributed by atoms with Crippen molar-refractivity contribution in [3.05, 3.63) is 29.8 Å². The Kier molecular flexibility index (Phi) is 14.6. The first-order valence-corrected chi connectivity index (χ1v) is 13.2. The van der Waals surface area contributed by atoms with Crippen molar-refractivity contribution in [1.29, 1.82) is 0 Å². The Hall–Kier alpha value is -4.40. The number of carboxylic acids is 1. The molecule has 0 aromatic heterocycles. The first kappa shape index (κ1) is 34.6. The molecule has 0 saturated carbocycles. The predicted molar refractivity (Wildman–Crippen MR) is 151 cm³/mol. The second-order valence-electron chi connectivity index (χ2n) is 10.1. The zero-order valence-electron chi connectivity index (χ0n) is 23.3. The van der Waals surface area contributed by atoms with Crippen LogP contribution in [0.2, 0.25) is 0 Å². The predicted octanol–water partition coefficient (Wildman–Crippen LogP) is -1.83. The van der Waals surface area contributed by atoms with Gasteiger partial charge in [-0.2, -0.15) is 0 Å². The minimum absolute atomic E-state index is 0.0619. The van der Waals surface area contributed by atoms with Crippen LogP contribution in [0.15, 0.2) is 29.3 Å². The number of phenols is 1. The number of primary amides is 1. The number of hydrogen-bond acceptors (Lipinski definition) is 8. The monoisotopic (exact) mass is 578 g/mol. The highest BCUT2D eigenvalue weighted by Crippen LogP contribution is 2.12. The maximum absolute atomic E-state index is 13.3. The van der Waals surface area contributed by atoms with Gasteiger partial charge in [0.25, 0.3) is 0 Å². The molecule has 0 heterocycles. The Labute approximate surface area is 238 Å². The van der Waals surface area contributed by atoms with E-state index >= 15 is 0 Å². The van der Waals surface area contributed by atoms with E-state index < -0.39 is 53.8 Å². The first-order valence-electron chi connectivity index (χ1n) is 13.2. The molecule has 228 valence electrons. The van der Waals surface area contributed by atoms with Crippen molar-refractivity contribution < 1.29 is 34.2 Å². The maximum Gasteiger partial charge on any atom is 0.326 e. The summed E-state index contributed by atoms with van der Waals surface area (Å²) in [6.07, 6.45) is 0.225. The van der Waals surface area contributed by atoms with Crippen molar-refractivity contribution >= 4 is 35.6 Å². The lowest BCUT2D eigenvalue weighted by molar-refractivity contribution is -0.142. The van der Waals surface area contributed by atoms with E-state index in [4.69, 9.17) is 22.9 Å². The number of benzene rings is 1. The highest BCUT2D eigenvalue weighted by Gasteiger charge is 2.30. The SMILES string of the molecule is CC(C)CC(NC(=O)C(CCCN=C(N)N)NC(=O)C(N)Cc1ccc(O)cc1)C(=O)NC(CCC(N)=O)C(=O)O. The highest BCUT2D eigenvalue weighted by molar-refractivity contribution is 5.94. The molecule has 41 heavy (non-hydrogen) atoms. The molecule has 13 N–H and O–H groups in total. The van der Waals surface area contributed by atoms with Crippen LogP contribution in [0.1, 0.15) is 51.5 Å². The van der Waals surface area contributed by atoms with Gasteiger partial charge in [0, 0.05) is 13.0 Å². The van der Waals surface area contributed by atoms with Crippen LogP contribution in [0.25, 0.3) is 0 Å². The van der Waals surface area contributed by atoms with Crippen molar-refractivity contribution in [3.63, 3.8) is 0 Å².